The first-order valence-electron chi connectivity index (χ1n) is 4.92. The molecule has 0 heterocycles. The lowest BCUT2D eigenvalue weighted by atomic mass is 10.2. The molecule has 1 aromatic carbocycles. The van der Waals surface area contributed by atoms with E-state index in [0.29, 0.717) is 15.6 Å². The molecule has 0 unspecified atom stereocenters. The monoisotopic (exact) mass is 258 g/mol. The van der Waals surface area contributed by atoms with E-state index in [1.165, 1.54) is 6.07 Å². The molecular weight excluding hydrogens is 247 g/mol. The van der Waals surface area contributed by atoms with Gasteiger partial charge in [-0.1, -0.05) is 36.5 Å². The molecule has 16 heavy (non-hydrogen) atoms. The van der Waals surface area contributed by atoms with Crippen LogP contribution in [0, 0.1) is 0 Å². The third kappa shape index (κ3) is 3.83. The van der Waals surface area contributed by atoms with Gasteiger partial charge in [-0.15, -0.1) is 0 Å². The zero-order chi connectivity index (χ0) is 12.0. The van der Waals surface area contributed by atoms with E-state index in [2.05, 4.69) is 10.5 Å². The standard InChI is InChI=1S/C11H12Cl2N2O/c1-2-3-6-14-15-11(16)8-4-5-9(12)10(13)7-8/h4-7H,2-3H2,1H3,(H,15,16)/b14-6+. The van der Waals surface area contributed by atoms with Crippen molar-refractivity contribution in [1.82, 2.24) is 5.43 Å². The van der Waals surface area contributed by atoms with Crippen molar-refractivity contribution in [3.63, 3.8) is 0 Å². The van der Waals surface area contributed by atoms with Gasteiger partial charge in [0.05, 0.1) is 10.0 Å². The Morgan fingerprint density at radius 3 is 2.81 bits per heavy atom. The molecule has 0 fully saturated rings. The van der Waals surface area contributed by atoms with Crippen molar-refractivity contribution in [3.8, 4) is 0 Å². The molecule has 0 radical (unpaired) electrons. The van der Waals surface area contributed by atoms with Gasteiger partial charge in [0.1, 0.15) is 0 Å². The van der Waals surface area contributed by atoms with E-state index in [1.807, 2.05) is 6.92 Å². The Balaban J connectivity index is 2.63. The Labute approximate surface area is 104 Å². The van der Waals surface area contributed by atoms with Crippen molar-refractivity contribution in [2.45, 2.75) is 19.8 Å². The summed E-state index contributed by atoms with van der Waals surface area (Å²) in [6.07, 6.45) is 3.49. The Kier molecular flexibility index (Phi) is 5.29. The molecule has 0 atom stereocenters. The van der Waals surface area contributed by atoms with Gasteiger partial charge in [0.15, 0.2) is 0 Å². The highest BCUT2D eigenvalue weighted by Gasteiger charge is 2.06. The number of hydrogen-bond donors (Lipinski definition) is 1. The van der Waals surface area contributed by atoms with Crippen molar-refractivity contribution >= 4 is 35.3 Å². The molecule has 1 amide bonds. The second kappa shape index (κ2) is 6.51. The highest BCUT2D eigenvalue weighted by molar-refractivity contribution is 6.42. The fraction of sp³-hybridized carbons (Fsp3) is 0.273. The summed E-state index contributed by atoms with van der Waals surface area (Å²) in [4.78, 5) is 11.5. The summed E-state index contributed by atoms with van der Waals surface area (Å²) in [6.45, 7) is 2.03. The van der Waals surface area contributed by atoms with Gasteiger partial charge in [-0.05, 0) is 24.6 Å². The van der Waals surface area contributed by atoms with Gasteiger partial charge >= 0.3 is 0 Å². The normalized spacial score (nSPS) is 10.7. The molecule has 0 aromatic heterocycles. The van der Waals surface area contributed by atoms with Crippen LogP contribution in [0.25, 0.3) is 0 Å². The van der Waals surface area contributed by atoms with Gasteiger partial charge in [-0.2, -0.15) is 5.10 Å². The molecule has 1 aromatic rings. The Morgan fingerprint density at radius 2 is 2.19 bits per heavy atom. The first kappa shape index (κ1) is 13.0. The first-order valence-corrected chi connectivity index (χ1v) is 5.67. The predicted octanol–water partition coefficient (Wildman–Crippen LogP) is 3.51. The first-order chi connectivity index (χ1) is 7.65. The maximum Gasteiger partial charge on any atom is 0.271 e. The summed E-state index contributed by atoms with van der Waals surface area (Å²) < 4.78 is 0. The van der Waals surface area contributed by atoms with Crippen LogP contribution in [-0.4, -0.2) is 12.1 Å². The molecule has 0 bridgehead atoms. The summed E-state index contributed by atoms with van der Waals surface area (Å²) >= 11 is 11.5. The number of halogens is 2. The van der Waals surface area contributed by atoms with E-state index in [1.54, 1.807) is 18.3 Å². The SMILES string of the molecule is CCC/C=N/NC(=O)c1ccc(Cl)c(Cl)c1. The summed E-state index contributed by atoms with van der Waals surface area (Å²) in [5, 5.41) is 4.57. The van der Waals surface area contributed by atoms with Gasteiger partial charge in [0.25, 0.3) is 5.91 Å². The molecule has 0 aliphatic carbocycles. The molecule has 0 aliphatic rings. The molecule has 1 N–H and O–H groups in total. The minimum Gasteiger partial charge on any atom is -0.267 e. The third-order valence-electron chi connectivity index (χ3n) is 1.86. The summed E-state index contributed by atoms with van der Waals surface area (Å²) in [7, 11) is 0. The quantitative estimate of drug-likeness (QED) is 0.652. The molecule has 0 saturated carbocycles. The number of hydrazone groups is 1. The Hall–Kier alpha value is -1.06. The number of benzene rings is 1. The molecule has 3 nitrogen and oxygen atoms in total. The lowest BCUT2D eigenvalue weighted by molar-refractivity contribution is 0.0955. The number of carbonyl (C=O) groups excluding carboxylic acids is 1. The number of nitrogens with zero attached hydrogens (tertiary/aromatic N) is 1. The van der Waals surface area contributed by atoms with Crippen LogP contribution in [-0.2, 0) is 0 Å². The van der Waals surface area contributed by atoms with Crippen LogP contribution >= 0.6 is 23.2 Å². The van der Waals surface area contributed by atoms with Crippen LogP contribution in [0.4, 0.5) is 0 Å². The van der Waals surface area contributed by atoms with Crippen LogP contribution < -0.4 is 5.43 Å². The van der Waals surface area contributed by atoms with Crippen molar-refractivity contribution in [1.29, 1.82) is 0 Å². The highest BCUT2D eigenvalue weighted by Crippen LogP contribution is 2.22. The Bertz CT molecular complexity index is 405. The van der Waals surface area contributed by atoms with Gasteiger partial charge in [0.2, 0.25) is 0 Å². The van der Waals surface area contributed by atoms with Crippen molar-refractivity contribution < 1.29 is 4.79 Å². The number of amides is 1. The van der Waals surface area contributed by atoms with Crippen molar-refractivity contribution in [2.75, 3.05) is 0 Å². The second-order valence-corrected chi connectivity index (χ2v) is 3.98. The van der Waals surface area contributed by atoms with E-state index >= 15 is 0 Å². The minimum atomic E-state index is -0.300. The van der Waals surface area contributed by atoms with E-state index < -0.39 is 0 Å². The smallest absolute Gasteiger partial charge is 0.267 e. The van der Waals surface area contributed by atoms with Gasteiger partial charge < -0.3 is 0 Å². The fourth-order valence-corrected chi connectivity index (χ4v) is 1.30. The van der Waals surface area contributed by atoms with E-state index in [9.17, 15) is 4.79 Å². The minimum absolute atomic E-state index is 0.300. The average molecular weight is 259 g/mol. The van der Waals surface area contributed by atoms with Crippen LogP contribution in [0.5, 0.6) is 0 Å². The summed E-state index contributed by atoms with van der Waals surface area (Å²) in [5.41, 5.74) is 2.84. The van der Waals surface area contributed by atoms with Gasteiger partial charge in [-0.25, -0.2) is 5.43 Å². The van der Waals surface area contributed by atoms with Gasteiger partial charge in [-0.3, -0.25) is 4.79 Å². The Morgan fingerprint density at radius 1 is 1.44 bits per heavy atom. The molecular formula is C11H12Cl2N2O. The summed E-state index contributed by atoms with van der Waals surface area (Å²) in [5.74, 6) is -0.300. The van der Waals surface area contributed by atoms with Crippen LogP contribution in [0.15, 0.2) is 23.3 Å². The van der Waals surface area contributed by atoms with Crippen LogP contribution in [0.1, 0.15) is 30.1 Å². The molecule has 5 heteroatoms. The fourth-order valence-electron chi connectivity index (χ4n) is 1.000. The zero-order valence-electron chi connectivity index (χ0n) is 8.84. The molecule has 0 spiro atoms. The average Bonchev–Trinajstić information content (AvgIpc) is 2.28. The number of rotatable bonds is 4. The number of carbonyl (C=O) groups is 1. The van der Waals surface area contributed by atoms with Crippen molar-refractivity contribution in [3.05, 3.63) is 33.8 Å². The largest absolute Gasteiger partial charge is 0.271 e. The maximum absolute atomic E-state index is 11.5. The van der Waals surface area contributed by atoms with E-state index in [4.69, 9.17) is 23.2 Å². The zero-order valence-corrected chi connectivity index (χ0v) is 10.3. The second-order valence-electron chi connectivity index (χ2n) is 3.17. The molecule has 86 valence electrons. The molecule has 0 aliphatic heterocycles. The van der Waals surface area contributed by atoms with Crippen molar-refractivity contribution in [2.24, 2.45) is 5.10 Å². The highest BCUT2D eigenvalue weighted by atomic mass is 35.5. The number of unbranched alkanes of at least 4 members (excludes halogenated alkanes) is 1. The maximum atomic E-state index is 11.5. The molecule has 0 saturated heterocycles. The van der Waals surface area contributed by atoms with E-state index in [0.717, 1.165) is 12.8 Å². The number of nitrogens with one attached hydrogen (secondary N) is 1. The predicted molar refractivity (Wildman–Crippen MR) is 67.3 cm³/mol. The van der Waals surface area contributed by atoms with E-state index in [-0.39, 0.29) is 5.91 Å². The lowest BCUT2D eigenvalue weighted by Crippen LogP contribution is -2.17. The summed E-state index contributed by atoms with van der Waals surface area (Å²) in [6, 6.07) is 4.68. The topological polar surface area (TPSA) is 41.5 Å². The van der Waals surface area contributed by atoms with Crippen LogP contribution in [0.3, 0.4) is 0 Å². The number of hydrogen-bond acceptors (Lipinski definition) is 2. The third-order valence-corrected chi connectivity index (χ3v) is 2.60. The lowest BCUT2D eigenvalue weighted by Gasteiger charge is -2.01. The van der Waals surface area contributed by atoms with Gasteiger partial charge in [0, 0.05) is 11.8 Å². The molecule has 1 rings (SSSR count). The van der Waals surface area contributed by atoms with Crippen LogP contribution in [0.2, 0.25) is 10.0 Å².